The van der Waals surface area contributed by atoms with Crippen molar-refractivity contribution in [3.8, 4) is 6.07 Å². The van der Waals surface area contributed by atoms with E-state index in [-0.39, 0.29) is 17.7 Å². The van der Waals surface area contributed by atoms with Crippen LogP contribution in [0.5, 0.6) is 0 Å². The van der Waals surface area contributed by atoms with Crippen molar-refractivity contribution in [2.45, 2.75) is 33.6 Å². The molecule has 7 heteroatoms. The van der Waals surface area contributed by atoms with Crippen LogP contribution in [-0.2, 0) is 4.79 Å². The molecule has 0 spiro atoms. The van der Waals surface area contributed by atoms with Crippen LogP contribution in [0.1, 0.15) is 44.9 Å². The molecule has 21 heavy (non-hydrogen) atoms. The molecule has 3 amide bonds. The lowest BCUT2D eigenvalue weighted by molar-refractivity contribution is -0.120. The molecule has 0 aliphatic heterocycles. The van der Waals surface area contributed by atoms with Gasteiger partial charge in [0.1, 0.15) is 16.6 Å². The van der Waals surface area contributed by atoms with Crippen LogP contribution < -0.4 is 4.90 Å². The van der Waals surface area contributed by atoms with Gasteiger partial charge in [-0.15, -0.1) is 0 Å². The van der Waals surface area contributed by atoms with E-state index in [0.29, 0.717) is 16.3 Å². The number of hydrogen-bond acceptors (Lipinski definition) is 5. The van der Waals surface area contributed by atoms with Gasteiger partial charge in [-0.2, -0.15) is 9.64 Å². The Labute approximate surface area is 129 Å². The molecule has 0 unspecified atom stereocenters. The van der Waals surface area contributed by atoms with Crippen LogP contribution in [0.25, 0.3) is 0 Å². The molecule has 0 radical (unpaired) electrons. The van der Waals surface area contributed by atoms with Gasteiger partial charge < -0.3 is 4.90 Å². The van der Waals surface area contributed by atoms with E-state index in [1.165, 1.54) is 4.90 Å². The van der Waals surface area contributed by atoms with Gasteiger partial charge in [0.2, 0.25) is 5.91 Å². The van der Waals surface area contributed by atoms with Gasteiger partial charge in [0.05, 0.1) is 5.69 Å². The molecule has 0 aliphatic rings. The molecule has 0 saturated heterocycles. The van der Waals surface area contributed by atoms with E-state index in [2.05, 4.69) is 10.4 Å². The van der Waals surface area contributed by atoms with Gasteiger partial charge in [-0.3, -0.25) is 4.79 Å². The van der Waals surface area contributed by atoms with E-state index in [4.69, 9.17) is 0 Å². The standard InChI is InChI=1S/C14H20N4O2S/c1-8(2)11-10(7-15)13(21-16-11)18(12(19)9(3)4)14(20)17(5)6/h8-9H,1-6H3. The molecule has 0 aromatic carbocycles. The fraction of sp³-hybridized carbons (Fsp3) is 0.571. The number of amides is 3. The van der Waals surface area contributed by atoms with Crippen LogP contribution in [0.4, 0.5) is 9.80 Å². The quantitative estimate of drug-likeness (QED) is 0.860. The highest BCUT2D eigenvalue weighted by Gasteiger charge is 2.32. The van der Waals surface area contributed by atoms with Crippen molar-refractivity contribution in [3.63, 3.8) is 0 Å². The molecule has 0 bridgehead atoms. The highest BCUT2D eigenvalue weighted by atomic mass is 32.1. The number of imide groups is 1. The Morgan fingerprint density at radius 1 is 1.24 bits per heavy atom. The topological polar surface area (TPSA) is 77.3 Å². The minimum atomic E-state index is -0.468. The van der Waals surface area contributed by atoms with Crippen molar-refractivity contribution in [2.75, 3.05) is 19.0 Å². The number of rotatable bonds is 3. The zero-order chi connectivity index (χ0) is 16.3. The van der Waals surface area contributed by atoms with Crippen LogP contribution >= 0.6 is 11.5 Å². The van der Waals surface area contributed by atoms with Gasteiger partial charge in [-0.1, -0.05) is 27.7 Å². The maximum atomic E-state index is 12.4. The summed E-state index contributed by atoms with van der Waals surface area (Å²) in [6.07, 6.45) is 0. The Hall–Kier alpha value is -1.94. The van der Waals surface area contributed by atoms with Crippen molar-refractivity contribution in [2.24, 2.45) is 5.92 Å². The number of nitrogens with zero attached hydrogens (tertiary/aromatic N) is 4. The summed E-state index contributed by atoms with van der Waals surface area (Å²) in [7, 11) is 3.14. The van der Waals surface area contributed by atoms with Gasteiger partial charge in [-0.05, 0) is 17.5 Å². The second-order valence-electron chi connectivity index (χ2n) is 5.52. The minimum absolute atomic E-state index is 0.0510. The largest absolute Gasteiger partial charge is 0.331 e. The van der Waals surface area contributed by atoms with Crippen molar-refractivity contribution >= 4 is 28.5 Å². The Morgan fingerprint density at radius 3 is 2.19 bits per heavy atom. The van der Waals surface area contributed by atoms with Crippen molar-refractivity contribution in [3.05, 3.63) is 11.3 Å². The first-order chi connectivity index (χ1) is 9.72. The Bertz CT molecular complexity index is 564. The Balaban J connectivity index is 3.44. The normalized spacial score (nSPS) is 10.6. The van der Waals surface area contributed by atoms with E-state index in [1.807, 2.05) is 13.8 Å². The highest BCUT2D eigenvalue weighted by molar-refractivity contribution is 7.11. The van der Waals surface area contributed by atoms with E-state index >= 15 is 0 Å². The van der Waals surface area contributed by atoms with Crippen LogP contribution in [0.3, 0.4) is 0 Å². The maximum absolute atomic E-state index is 12.4. The van der Waals surface area contributed by atoms with E-state index in [0.717, 1.165) is 16.4 Å². The number of urea groups is 1. The lowest BCUT2D eigenvalue weighted by Gasteiger charge is -2.24. The molecule has 0 atom stereocenters. The number of carbonyl (C=O) groups excluding carboxylic acids is 2. The van der Waals surface area contributed by atoms with Crippen molar-refractivity contribution in [1.82, 2.24) is 9.27 Å². The highest BCUT2D eigenvalue weighted by Crippen LogP contribution is 2.33. The van der Waals surface area contributed by atoms with Crippen LogP contribution in [-0.4, -0.2) is 35.3 Å². The fourth-order valence-electron chi connectivity index (χ4n) is 1.68. The molecular formula is C14H20N4O2S. The van der Waals surface area contributed by atoms with Gasteiger partial charge in [0.15, 0.2) is 0 Å². The molecule has 0 fully saturated rings. The van der Waals surface area contributed by atoms with E-state index in [1.54, 1.807) is 27.9 Å². The molecular weight excluding hydrogens is 288 g/mol. The summed E-state index contributed by atoms with van der Waals surface area (Å²) >= 11 is 1.01. The van der Waals surface area contributed by atoms with Crippen LogP contribution in [0.15, 0.2) is 0 Å². The third kappa shape index (κ3) is 3.39. The summed E-state index contributed by atoms with van der Waals surface area (Å²) in [5.74, 6) is -0.649. The molecule has 0 aliphatic carbocycles. The summed E-state index contributed by atoms with van der Waals surface area (Å²) in [5, 5.41) is 9.68. The second-order valence-corrected chi connectivity index (χ2v) is 6.27. The SMILES string of the molecule is CC(C)C(=O)N(C(=O)N(C)C)c1snc(C(C)C)c1C#N. The van der Waals surface area contributed by atoms with Crippen LogP contribution in [0.2, 0.25) is 0 Å². The third-order valence-electron chi connectivity index (χ3n) is 2.85. The number of carbonyl (C=O) groups is 2. The second kappa shape index (κ2) is 6.68. The molecule has 6 nitrogen and oxygen atoms in total. The first-order valence-corrected chi connectivity index (χ1v) is 7.44. The first kappa shape index (κ1) is 17.1. The average molecular weight is 308 g/mol. The third-order valence-corrected chi connectivity index (χ3v) is 3.70. The molecule has 114 valence electrons. The van der Waals surface area contributed by atoms with Gasteiger partial charge in [-0.25, -0.2) is 9.69 Å². The summed E-state index contributed by atoms with van der Waals surface area (Å²) in [6.45, 7) is 7.27. The number of aromatic nitrogens is 1. The molecule has 1 rings (SSSR count). The molecule has 1 heterocycles. The predicted octanol–water partition coefficient (Wildman–Crippen LogP) is 2.81. The van der Waals surface area contributed by atoms with Gasteiger partial charge in [0, 0.05) is 20.0 Å². The number of nitriles is 1. The van der Waals surface area contributed by atoms with Gasteiger partial charge in [0.25, 0.3) is 0 Å². The molecule has 0 saturated carbocycles. The average Bonchev–Trinajstić information content (AvgIpc) is 2.82. The number of hydrogen-bond donors (Lipinski definition) is 0. The van der Waals surface area contributed by atoms with Gasteiger partial charge >= 0.3 is 6.03 Å². The zero-order valence-electron chi connectivity index (χ0n) is 13.2. The minimum Gasteiger partial charge on any atom is -0.330 e. The Kier molecular flexibility index (Phi) is 5.44. The summed E-state index contributed by atoms with van der Waals surface area (Å²) < 4.78 is 4.25. The van der Waals surface area contributed by atoms with E-state index in [9.17, 15) is 14.9 Å². The number of anilines is 1. The zero-order valence-corrected chi connectivity index (χ0v) is 14.0. The summed E-state index contributed by atoms with van der Waals surface area (Å²) in [6, 6.07) is 1.61. The predicted molar refractivity (Wildman–Crippen MR) is 82.3 cm³/mol. The molecule has 0 N–H and O–H groups in total. The lowest BCUT2D eigenvalue weighted by atomic mass is 10.1. The van der Waals surface area contributed by atoms with Crippen molar-refractivity contribution in [1.29, 1.82) is 5.26 Å². The Morgan fingerprint density at radius 2 is 1.81 bits per heavy atom. The monoisotopic (exact) mass is 308 g/mol. The maximum Gasteiger partial charge on any atom is 0.331 e. The first-order valence-electron chi connectivity index (χ1n) is 6.67. The van der Waals surface area contributed by atoms with Crippen LogP contribution in [0, 0.1) is 17.2 Å². The summed E-state index contributed by atoms with van der Waals surface area (Å²) in [4.78, 5) is 27.1. The summed E-state index contributed by atoms with van der Waals surface area (Å²) in [5.41, 5.74) is 0.921. The lowest BCUT2D eigenvalue weighted by Crippen LogP contribution is -2.45. The smallest absolute Gasteiger partial charge is 0.330 e. The fourth-order valence-corrected chi connectivity index (χ4v) is 2.66. The molecule has 1 aromatic heterocycles. The molecule has 1 aromatic rings. The van der Waals surface area contributed by atoms with Crippen molar-refractivity contribution < 1.29 is 9.59 Å². The van der Waals surface area contributed by atoms with E-state index < -0.39 is 6.03 Å².